The van der Waals surface area contributed by atoms with E-state index in [0.717, 1.165) is 6.54 Å². The second-order valence-electron chi connectivity index (χ2n) is 6.24. The molecule has 0 saturated carbocycles. The van der Waals surface area contributed by atoms with Crippen LogP contribution in [0.15, 0.2) is 25.3 Å². The minimum Gasteiger partial charge on any atom is -0.295 e. The van der Waals surface area contributed by atoms with Crippen molar-refractivity contribution in [3.63, 3.8) is 0 Å². The lowest BCUT2D eigenvalue weighted by atomic mass is 9.76. The normalized spacial score (nSPS) is 11.6. The van der Waals surface area contributed by atoms with E-state index in [0.29, 0.717) is 5.41 Å². The summed E-state index contributed by atoms with van der Waals surface area (Å²) < 4.78 is 0. The van der Waals surface area contributed by atoms with Crippen molar-refractivity contribution in [3.05, 3.63) is 25.3 Å². The highest BCUT2D eigenvalue weighted by molar-refractivity contribution is 5.03. The van der Waals surface area contributed by atoms with Crippen LogP contribution in [0.3, 0.4) is 0 Å². The lowest BCUT2D eigenvalue weighted by Gasteiger charge is -2.43. The summed E-state index contributed by atoms with van der Waals surface area (Å²) in [5, 5.41) is 0. The van der Waals surface area contributed by atoms with Crippen LogP contribution < -0.4 is 0 Å². The molecule has 0 spiro atoms. The Morgan fingerprint density at radius 3 is 1.40 bits per heavy atom. The number of allylic oxidation sites excluding steroid dienone is 1. The van der Waals surface area contributed by atoms with Gasteiger partial charge in [0.1, 0.15) is 0 Å². The van der Waals surface area contributed by atoms with Gasteiger partial charge < -0.3 is 0 Å². The van der Waals surface area contributed by atoms with E-state index in [9.17, 15) is 0 Å². The van der Waals surface area contributed by atoms with Crippen molar-refractivity contribution in [3.8, 4) is 0 Å². The van der Waals surface area contributed by atoms with Crippen molar-refractivity contribution in [1.29, 1.82) is 0 Å². The van der Waals surface area contributed by atoms with Gasteiger partial charge >= 0.3 is 0 Å². The largest absolute Gasteiger partial charge is 0.295 e. The summed E-state index contributed by atoms with van der Waals surface area (Å²) >= 11 is 0. The molecule has 0 bridgehead atoms. The highest BCUT2D eigenvalue weighted by atomic mass is 15.2. The standard InChI is InChI=1S/C15H31N.C3H6.3C2H6/c1-8-12-16(11-4)15(7,10-3)13-14(5,6)9-2;1-3-2;3*1-2/h10H,3,8-9,11-13H2,1-2,4-7H3;3H,1H2,2H3;3*1-2H3. The molecular formula is C24H55N. The van der Waals surface area contributed by atoms with Crippen molar-refractivity contribution >= 4 is 0 Å². The topological polar surface area (TPSA) is 3.24 Å². The molecule has 0 aromatic rings. The number of hydrogen-bond acceptors (Lipinski definition) is 1. The maximum Gasteiger partial charge on any atom is 0.0365 e. The van der Waals surface area contributed by atoms with Crippen LogP contribution in [0.1, 0.15) is 109 Å². The highest BCUT2D eigenvalue weighted by Crippen LogP contribution is 2.35. The third-order valence-corrected chi connectivity index (χ3v) is 3.83. The fourth-order valence-corrected chi connectivity index (χ4v) is 2.45. The van der Waals surface area contributed by atoms with Crippen molar-refractivity contribution in [2.75, 3.05) is 13.1 Å². The van der Waals surface area contributed by atoms with E-state index in [2.05, 4.69) is 65.7 Å². The smallest absolute Gasteiger partial charge is 0.0365 e. The number of rotatable bonds is 8. The zero-order valence-corrected chi connectivity index (χ0v) is 20.6. The predicted molar refractivity (Wildman–Crippen MR) is 125 cm³/mol. The highest BCUT2D eigenvalue weighted by Gasteiger charge is 2.33. The van der Waals surface area contributed by atoms with Crippen molar-refractivity contribution in [2.45, 2.75) is 115 Å². The van der Waals surface area contributed by atoms with Crippen LogP contribution in [0, 0.1) is 5.41 Å². The molecule has 0 aliphatic heterocycles. The molecule has 0 fully saturated rings. The van der Waals surface area contributed by atoms with Crippen LogP contribution in [0.25, 0.3) is 0 Å². The van der Waals surface area contributed by atoms with E-state index < -0.39 is 0 Å². The van der Waals surface area contributed by atoms with E-state index in [1.54, 1.807) is 6.08 Å². The van der Waals surface area contributed by atoms with Crippen LogP contribution in [0.5, 0.6) is 0 Å². The summed E-state index contributed by atoms with van der Waals surface area (Å²) in [6, 6.07) is 0. The summed E-state index contributed by atoms with van der Waals surface area (Å²) in [4.78, 5) is 2.55. The summed E-state index contributed by atoms with van der Waals surface area (Å²) in [6.45, 7) is 37.4. The number of nitrogens with zero attached hydrogens (tertiary/aromatic N) is 1. The Labute approximate surface area is 164 Å². The first-order valence-corrected chi connectivity index (χ1v) is 10.7. The van der Waals surface area contributed by atoms with Gasteiger partial charge in [0.25, 0.3) is 0 Å². The van der Waals surface area contributed by atoms with Gasteiger partial charge in [-0.15, -0.1) is 13.2 Å². The van der Waals surface area contributed by atoms with E-state index in [4.69, 9.17) is 0 Å². The Bertz CT molecular complexity index is 242. The fourth-order valence-electron chi connectivity index (χ4n) is 2.45. The first-order chi connectivity index (χ1) is 11.8. The second kappa shape index (κ2) is 25.7. The van der Waals surface area contributed by atoms with Gasteiger partial charge in [-0.1, -0.05) is 94.7 Å². The van der Waals surface area contributed by atoms with Gasteiger partial charge in [-0.3, -0.25) is 4.90 Å². The van der Waals surface area contributed by atoms with Gasteiger partial charge in [0.05, 0.1) is 0 Å². The monoisotopic (exact) mass is 357 g/mol. The predicted octanol–water partition coefficient (Wildman–Crippen LogP) is 8.76. The SMILES string of the molecule is C=CC.C=CC(C)(CC(C)(C)CC)N(CC)CCC.CC.CC.CC. The van der Waals surface area contributed by atoms with Gasteiger partial charge in [0.15, 0.2) is 0 Å². The lowest BCUT2D eigenvalue weighted by molar-refractivity contribution is 0.0984. The zero-order chi connectivity index (χ0) is 21.5. The van der Waals surface area contributed by atoms with Crippen LogP contribution in [0.2, 0.25) is 0 Å². The van der Waals surface area contributed by atoms with E-state index >= 15 is 0 Å². The maximum atomic E-state index is 4.06. The summed E-state index contributed by atoms with van der Waals surface area (Å²) in [5.74, 6) is 0. The minimum atomic E-state index is 0.143. The van der Waals surface area contributed by atoms with Crippen molar-refractivity contribution in [1.82, 2.24) is 4.90 Å². The number of hydrogen-bond donors (Lipinski definition) is 0. The molecule has 0 aliphatic rings. The Kier molecular flexibility index (Phi) is 36.5. The quantitative estimate of drug-likeness (QED) is 0.392. The van der Waals surface area contributed by atoms with Crippen LogP contribution >= 0.6 is 0 Å². The molecule has 25 heavy (non-hydrogen) atoms. The van der Waals surface area contributed by atoms with Crippen molar-refractivity contribution in [2.24, 2.45) is 5.41 Å². The van der Waals surface area contributed by atoms with Gasteiger partial charge in [0, 0.05) is 5.54 Å². The number of likely N-dealkylation sites (N-methyl/N-ethyl adjacent to an activating group) is 1. The Hall–Kier alpha value is -0.560. The minimum absolute atomic E-state index is 0.143. The molecule has 1 heteroatoms. The van der Waals surface area contributed by atoms with Crippen LogP contribution in [0.4, 0.5) is 0 Å². The molecule has 0 aromatic heterocycles. The van der Waals surface area contributed by atoms with Gasteiger partial charge in [-0.25, -0.2) is 0 Å². The van der Waals surface area contributed by atoms with E-state index in [-0.39, 0.29) is 5.54 Å². The second-order valence-corrected chi connectivity index (χ2v) is 6.24. The zero-order valence-electron chi connectivity index (χ0n) is 20.6. The van der Waals surface area contributed by atoms with Gasteiger partial charge in [-0.2, -0.15) is 0 Å². The Morgan fingerprint density at radius 1 is 0.840 bits per heavy atom. The molecule has 0 heterocycles. The molecule has 156 valence electrons. The molecule has 1 unspecified atom stereocenters. The van der Waals surface area contributed by atoms with E-state index in [1.165, 1.54) is 25.8 Å². The fraction of sp³-hybridized carbons (Fsp3) is 0.833. The third-order valence-electron chi connectivity index (χ3n) is 3.83. The Morgan fingerprint density at radius 2 is 1.20 bits per heavy atom. The average molecular weight is 358 g/mol. The summed E-state index contributed by atoms with van der Waals surface area (Å²) in [5.41, 5.74) is 0.536. The van der Waals surface area contributed by atoms with Crippen LogP contribution in [-0.2, 0) is 0 Å². The molecule has 1 nitrogen and oxygen atoms in total. The molecule has 0 saturated heterocycles. The molecule has 0 rings (SSSR count). The third kappa shape index (κ3) is 21.4. The molecule has 0 aromatic carbocycles. The molecule has 0 amide bonds. The average Bonchev–Trinajstić information content (AvgIpc) is 2.64. The van der Waals surface area contributed by atoms with E-state index in [1.807, 2.05) is 48.5 Å². The molecular weight excluding hydrogens is 302 g/mol. The lowest BCUT2D eigenvalue weighted by Crippen LogP contribution is -2.47. The van der Waals surface area contributed by atoms with Gasteiger partial charge in [-0.05, 0) is 45.2 Å². The van der Waals surface area contributed by atoms with Gasteiger partial charge in [0.2, 0.25) is 0 Å². The summed E-state index contributed by atoms with van der Waals surface area (Å²) in [6.07, 6.45) is 7.52. The van der Waals surface area contributed by atoms with Crippen molar-refractivity contribution < 1.29 is 0 Å². The first kappa shape index (κ1) is 35.5. The Balaban J connectivity index is -0.000000126. The van der Waals surface area contributed by atoms with Crippen LogP contribution in [-0.4, -0.2) is 23.5 Å². The first-order valence-electron chi connectivity index (χ1n) is 10.7. The maximum absolute atomic E-state index is 4.06. The molecule has 0 radical (unpaired) electrons. The molecule has 1 atom stereocenters. The summed E-state index contributed by atoms with van der Waals surface area (Å²) in [7, 11) is 0. The molecule has 0 aliphatic carbocycles. The molecule has 0 N–H and O–H groups in total.